The van der Waals surface area contributed by atoms with E-state index in [2.05, 4.69) is 69.9 Å². The molecule has 218 valence electrons. The zero-order chi connectivity index (χ0) is 30.0. The van der Waals surface area contributed by atoms with Crippen molar-refractivity contribution in [2.75, 3.05) is 16.0 Å². The van der Waals surface area contributed by atoms with Crippen LogP contribution in [0.2, 0.25) is 0 Å². The molecule has 1 aliphatic rings. The highest BCUT2D eigenvalue weighted by atomic mass is 32.2. The van der Waals surface area contributed by atoms with Crippen LogP contribution in [0.1, 0.15) is 30.0 Å². The number of thioether (sulfide) groups is 1. The van der Waals surface area contributed by atoms with Gasteiger partial charge in [0.1, 0.15) is 12.1 Å². The van der Waals surface area contributed by atoms with Gasteiger partial charge in [-0.1, -0.05) is 36.4 Å². The Labute approximate surface area is 245 Å². The van der Waals surface area contributed by atoms with Gasteiger partial charge in [0.05, 0.1) is 5.69 Å². The molecule has 1 atom stereocenters. The summed E-state index contributed by atoms with van der Waals surface area (Å²) in [5.74, 6) is 0.949. The van der Waals surface area contributed by atoms with E-state index in [9.17, 15) is 18.0 Å². The molecule has 0 saturated carbocycles. The van der Waals surface area contributed by atoms with Gasteiger partial charge in [0.15, 0.2) is 11.0 Å². The monoisotopic (exact) mass is 594 g/mol. The highest BCUT2D eigenvalue weighted by Crippen LogP contribution is 2.36. The van der Waals surface area contributed by atoms with E-state index in [0.29, 0.717) is 27.9 Å². The summed E-state index contributed by atoms with van der Waals surface area (Å²) in [6, 6.07) is 16.4. The molecule has 2 heterocycles. The minimum atomic E-state index is -4.76. The summed E-state index contributed by atoms with van der Waals surface area (Å²) in [5.41, 5.74) is 6.39. The summed E-state index contributed by atoms with van der Waals surface area (Å²) < 4.78 is 42.6. The van der Waals surface area contributed by atoms with Gasteiger partial charge in [-0.25, -0.2) is 14.5 Å². The quantitative estimate of drug-likeness (QED) is 0.247. The van der Waals surface area contributed by atoms with E-state index in [0.717, 1.165) is 29.0 Å². The average molecular weight is 595 g/mol. The zero-order valence-corrected chi connectivity index (χ0v) is 24.3. The number of ether oxygens (including phenoxy) is 1. The Bertz CT molecular complexity index is 1590. The molecule has 4 aromatic rings. The Balaban J connectivity index is 1.27. The number of carbonyl (C=O) groups excluding carboxylic acids is 1. The van der Waals surface area contributed by atoms with Gasteiger partial charge in [-0.2, -0.15) is 4.99 Å². The molecule has 0 radical (unpaired) electrons. The first-order valence-corrected chi connectivity index (χ1v) is 14.3. The minimum absolute atomic E-state index is 0.249. The van der Waals surface area contributed by atoms with Gasteiger partial charge in [0.25, 0.3) is 0 Å². The molecule has 8 nitrogen and oxygen atoms in total. The smallest absolute Gasteiger partial charge is 0.406 e. The third-order valence-electron chi connectivity index (χ3n) is 6.74. The second kappa shape index (κ2) is 11.9. The van der Waals surface area contributed by atoms with Crippen LogP contribution in [0.5, 0.6) is 5.75 Å². The number of hydrogen-bond donors (Lipinski definition) is 1. The summed E-state index contributed by atoms with van der Waals surface area (Å²) in [6.45, 7) is 8.40. The molecule has 0 bridgehead atoms. The fraction of sp³-hybridized carbons (Fsp3) is 0.267. The van der Waals surface area contributed by atoms with Gasteiger partial charge < -0.3 is 15.0 Å². The maximum atomic E-state index is 12.9. The topological polar surface area (TPSA) is 84.6 Å². The van der Waals surface area contributed by atoms with E-state index < -0.39 is 12.4 Å². The minimum Gasteiger partial charge on any atom is -0.406 e. The zero-order valence-electron chi connectivity index (χ0n) is 23.4. The number of rotatable bonds is 6. The second-order valence-electron chi connectivity index (χ2n) is 9.95. The number of nitrogens with one attached hydrogen (secondary N) is 1. The lowest BCUT2D eigenvalue weighted by molar-refractivity contribution is -0.274. The number of hydrogen-bond acceptors (Lipinski definition) is 5. The molecule has 5 rings (SSSR count). The molecule has 0 spiro atoms. The number of urea groups is 1. The van der Waals surface area contributed by atoms with Gasteiger partial charge in [-0.3, -0.25) is 0 Å². The van der Waals surface area contributed by atoms with Crippen LogP contribution in [-0.2, 0) is 0 Å². The lowest BCUT2D eigenvalue weighted by atomic mass is 10.0. The molecule has 42 heavy (non-hydrogen) atoms. The molecule has 1 saturated heterocycles. The summed E-state index contributed by atoms with van der Waals surface area (Å²) in [5, 5.41) is 7.93. The SMILES string of the molecule is CCC1CSC(=NC(=O)Nc2ccc(-c3ncn(-c4ccc(OC(F)(F)F)cc4)n3)cc2)N1c1c(C)cc(C)cc1C. The third-order valence-corrected chi connectivity index (χ3v) is 7.84. The lowest BCUT2D eigenvalue weighted by Gasteiger charge is -2.28. The molecule has 1 fully saturated rings. The van der Waals surface area contributed by atoms with E-state index >= 15 is 0 Å². The summed E-state index contributed by atoms with van der Waals surface area (Å²) in [4.78, 5) is 23.9. The number of benzene rings is 3. The van der Waals surface area contributed by atoms with Crippen LogP contribution in [-0.4, -0.2) is 44.1 Å². The number of aryl methyl sites for hydroxylation is 3. The molecule has 2 amide bonds. The van der Waals surface area contributed by atoms with E-state index in [1.165, 1.54) is 40.8 Å². The van der Waals surface area contributed by atoms with Crippen molar-refractivity contribution < 1.29 is 22.7 Å². The van der Waals surface area contributed by atoms with Crippen LogP contribution < -0.4 is 15.0 Å². The number of amides is 2. The number of halogens is 3. The summed E-state index contributed by atoms with van der Waals surface area (Å²) in [6.07, 6.45) is -2.36. The molecule has 1 aromatic heterocycles. The molecule has 1 aliphatic heterocycles. The number of alkyl halides is 3. The Hall–Kier alpha value is -4.32. The Morgan fingerprint density at radius 2 is 1.74 bits per heavy atom. The van der Waals surface area contributed by atoms with Crippen molar-refractivity contribution in [2.45, 2.75) is 46.5 Å². The first-order valence-electron chi connectivity index (χ1n) is 13.3. The van der Waals surface area contributed by atoms with Gasteiger partial charge in [-0.05, 0) is 86.8 Å². The van der Waals surface area contributed by atoms with Crippen LogP contribution in [0.25, 0.3) is 17.1 Å². The number of nitrogens with zero attached hydrogens (tertiary/aromatic N) is 5. The predicted molar refractivity (Wildman–Crippen MR) is 160 cm³/mol. The molecular weight excluding hydrogens is 565 g/mol. The predicted octanol–water partition coefficient (Wildman–Crippen LogP) is 7.68. The number of anilines is 2. The highest BCUT2D eigenvalue weighted by Gasteiger charge is 2.33. The van der Waals surface area contributed by atoms with E-state index in [1.54, 1.807) is 36.0 Å². The van der Waals surface area contributed by atoms with Crippen molar-refractivity contribution >= 4 is 34.3 Å². The fourth-order valence-electron chi connectivity index (χ4n) is 4.95. The Morgan fingerprint density at radius 1 is 1.07 bits per heavy atom. The van der Waals surface area contributed by atoms with Crippen LogP contribution in [0, 0.1) is 20.8 Å². The van der Waals surface area contributed by atoms with Gasteiger partial charge in [0, 0.05) is 28.7 Å². The van der Waals surface area contributed by atoms with Crippen LogP contribution >= 0.6 is 11.8 Å². The standard InChI is InChI=1S/C30H29F3N6O2S/c1-5-23-16-42-29(39(23)26-19(3)14-18(2)15-20(26)4)36-28(40)35-22-8-6-21(7-9-22)27-34-17-38(37-27)24-10-12-25(13-11-24)41-30(31,32)33/h6-15,17,23H,5,16H2,1-4H3,(H,35,40). The van der Waals surface area contributed by atoms with Gasteiger partial charge >= 0.3 is 12.4 Å². The number of aromatic nitrogens is 3. The van der Waals surface area contributed by atoms with Crippen molar-refractivity contribution in [1.82, 2.24) is 14.8 Å². The van der Waals surface area contributed by atoms with E-state index in [1.807, 2.05) is 0 Å². The van der Waals surface area contributed by atoms with Crippen molar-refractivity contribution in [1.29, 1.82) is 0 Å². The lowest BCUT2D eigenvalue weighted by Crippen LogP contribution is -2.35. The van der Waals surface area contributed by atoms with Crippen LogP contribution in [0.4, 0.5) is 29.3 Å². The maximum Gasteiger partial charge on any atom is 0.573 e. The normalized spacial score (nSPS) is 16.2. The maximum absolute atomic E-state index is 12.9. The highest BCUT2D eigenvalue weighted by molar-refractivity contribution is 8.14. The number of carbonyl (C=O) groups is 1. The first-order chi connectivity index (χ1) is 20.0. The molecule has 0 aliphatic carbocycles. The number of aliphatic imine (C=N–C) groups is 1. The molecule has 12 heteroatoms. The summed E-state index contributed by atoms with van der Waals surface area (Å²) in [7, 11) is 0. The fourth-order valence-corrected chi connectivity index (χ4v) is 6.20. The first kappa shape index (κ1) is 29.2. The second-order valence-corrected chi connectivity index (χ2v) is 10.9. The van der Waals surface area contributed by atoms with E-state index in [-0.39, 0.29) is 11.8 Å². The summed E-state index contributed by atoms with van der Waals surface area (Å²) >= 11 is 1.58. The van der Waals surface area contributed by atoms with Crippen molar-refractivity contribution in [2.24, 2.45) is 4.99 Å². The molecule has 3 aromatic carbocycles. The van der Waals surface area contributed by atoms with Crippen LogP contribution in [0.3, 0.4) is 0 Å². The van der Waals surface area contributed by atoms with Crippen molar-refractivity contribution in [3.63, 3.8) is 0 Å². The number of amidine groups is 1. The molecule has 1 unspecified atom stereocenters. The molecule has 1 N–H and O–H groups in total. The van der Waals surface area contributed by atoms with Crippen molar-refractivity contribution in [3.8, 4) is 22.8 Å². The van der Waals surface area contributed by atoms with Crippen LogP contribution in [0.15, 0.2) is 72.0 Å². The third kappa shape index (κ3) is 6.59. The van der Waals surface area contributed by atoms with Gasteiger partial charge in [-0.15, -0.1) is 18.3 Å². The Kier molecular flexibility index (Phi) is 8.26. The largest absolute Gasteiger partial charge is 0.573 e. The van der Waals surface area contributed by atoms with E-state index in [4.69, 9.17) is 0 Å². The van der Waals surface area contributed by atoms with Gasteiger partial charge in [0.2, 0.25) is 0 Å². The Morgan fingerprint density at radius 3 is 2.36 bits per heavy atom. The average Bonchev–Trinajstić information content (AvgIpc) is 3.56. The van der Waals surface area contributed by atoms with Crippen molar-refractivity contribution in [3.05, 3.63) is 83.7 Å². The molecular formula is C30H29F3N6O2S.